The summed E-state index contributed by atoms with van der Waals surface area (Å²) in [6.45, 7) is 5.81. The zero-order valence-corrected chi connectivity index (χ0v) is 22.5. The quantitative estimate of drug-likeness (QED) is 0.110. The fraction of sp³-hybridized carbons (Fsp3) is 0.900. The molecule has 1 rings (SSSR count). The van der Waals surface area contributed by atoms with Gasteiger partial charge >= 0.3 is 0 Å². The highest BCUT2D eigenvalue weighted by Gasteiger charge is 2.13. The van der Waals surface area contributed by atoms with Gasteiger partial charge in [0.15, 0.2) is 0 Å². The minimum atomic E-state index is 1.21. The minimum absolute atomic E-state index is 1.21. The Morgan fingerprint density at radius 1 is 0.531 bits per heavy atom. The van der Waals surface area contributed by atoms with Crippen LogP contribution in [0, 0.1) is 0 Å². The third-order valence-electron chi connectivity index (χ3n) is 7.22. The number of aryl methyl sites for hydroxylation is 2. The molecule has 188 valence electrons. The second-order valence-corrected chi connectivity index (χ2v) is 10.3. The molecule has 0 saturated heterocycles. The molecule has 0 spiro atoms. The summed E-state index contributed by atoms with van der Waals surface area (Å²) in [6.07, 6.45) is 37.2. The van der Waals surface area contributed by atoms with Crippen LogP contribution in [0.5, 0.6) is 0 Å². The first-order valence-electron chi connectivity index (χ1n) is 14.8. The van der Waals surface area contributed by atoms with Gasteiger partial charge < -0.3 is 0 Å². The minimum Gasteiger partial charge on any atom is -0.237 e. The molecule has 0 saturated carbocycles. The lowest BCUT2D eigenvalue weighted by Gasteiger charge is -2.05. The number of hydrogen-bond acceptors (Lipinski definition) is 0. The van der Waals surface area contributed by atoms with Gasteiger partial charge in [0.2, 0.25) is 0 Å². The molecule has 0 bridgehead atoms. The number of hydrogen-bond donors (Lipinski definition) is 0. The zero-order valence-electron chi connectivity index (χ0n) is 22.5. The fourth-order valence-electron chi connectivity index (χ4n) is 4.97. The van der Waals surface area contributed by atoms with Crippen LogP contribution in [0.1, 0.15) is 161 Å². The lowest BCUT2D eigenvalue weighted by molar-refractivity contribution is -0.704. The molecule has 0 aliphatic heterocycles. The van der Waals surface area contributed by atoms with Crippen LogP contribution in [0.4, 0.5) is 0 Å². The molecule has 0 fully saturated rings. The molecular weight excluding hydrogens is 388 g/mol. The van der Waals surface area contributed by atoms with E-state index in [0.717, 1.165) is 0 Å². The molecule has 1 aromatic heterocycles. The van der Waals surface area contributed by atoms with E-state index in [4.69, 9.17) is 0 Å². The Morgan fingerprint density at radius 2 is 0.906 bits per heavy atom. The van der Waals surface area contributed by atoms with Crippen LogP contribution >= 0.6 is 0 Å². The molecule has 32 heavy (non-hydrogen) atoms. The van der Waals surface area contributed by atoms with Crippen molar-refractivity contribution >= 4 is 0 Å². The van der Waals surface area contributed by atoms with E-state index in [0.29, 0.717) is 0 Å². The summed E-state index contributed by atoms with van der Waals surface area (Å²) in [5, 5.41) is 0. The van der Waals surface area contributed by atoms with Gasteiger partial charge in [0.05, 0.1) is 13.6 Å². The maximum absolute atomic E-state index is 2.52. The predicted octanol–water partition coefficient (Wildman–Crippen LogP) is 9.48. The van der Waals surface area contributed by atoms with Crippen LogP contribution in [0.2, 0.25) is 0 Å². The van der Waals surface area contributed by atoms with Crippen molar-refractivity contribution in [2.75, 3.05) is 0 Å². The normalized spacial score (nSPS) is 11.5. The van der Waals surface area contributed by atoms with E-state index in [1.54, 1.807) is 0 Å². The van der Waals surface area contributed by atoms with E-state index in [1.807, 2.05) is 0 Å². The van der Waals surface area contributed by atoms with Crippen molar-refractivity contribution in [3.05, 3.63) is 18.2 Å². The number of imidazole rings is 1. The van der Waals surface area contributed by atoms with Crippen molar-refractivity contribution in [1.29, 1.82) is 0 Å². The molecule has 2 nitrogen and oxygen atoms in total. The maximum Gasteiger partial charge on any atom is 0.256 e. The van der Waals surface area contributed by atoms with Crippen molar-refractivity contribution in [2.45, 2.75) is 168 Å². The highest BCUT2D eigenvalue weighted by atomic mass is 15.1. The third kappa shape index (κ3) is 15.9. The van der Waals surface area contributed by atoms with Gasteiger partial charge in [0, 0.05) is 6.42 Å². The number of rotatable bonds is 24. The van der Waals surface area contributed by atoms with Crippen molar-refractivity contribution in [3.63, 3.8) is 0 Å². The lowest BCUT2D eigenvalue weighted by atomic mass is 10.0. The lowest BCUT2D eigenvalue weighted by Crippen LogP contribution is -2.37. The Balaban J connectivity index is 1.92. The van der Waals surface area contributed by atoms with Crippen LogP contribution < -0.4 is 4.57 Å². The summed E-state index contributed by atoms with van der Waals surface area (Å²) in [5.74, 6) is 1.53. The molecule has 1 aromatic rings. The average Bonchev–Trinajstić information content (AvgIpc) is 3.15. The van der Waals surface area contributed by atoms with E-state index in [2.05, 4.69) is 42.4 Å². The number of unbranched alkanes of at least 4 members (excludes halogenated alkanes) is 20. The standard InChI is InChI=1S/C30H59N2/c1-4-6-8-10-12-13-14-15-16-17-18-19-20-21-22-24-26-30-31(3)28-29-32(30)27-25-23-11-9-7-5-2/h28-29H,4-27H2,1-3H3/q+1. The SMILES string of the molecule is CCCCCCCCCCCCCCCCCCc1n(C)cc[n+]1CCCCCCCC. The summed E-state index contributed by atoms with van der Waals surface area (Å²) >= 11 is 0. The molecule has 0 aromatic carbocycles. The van der Waals surface area contributed by atoms with Gasteiger partial charge in [0.1, 0.15) is 12.4 Å². The number of aromatic nitrogens is 2. The van der Waals surface area contributed by atoms with Crippen LogP contribution in [-0.2, 0) is 20.0 Å². The Hall–Kier alpha value is -0.790. The van der Waals surface area contributed by atoms with Crippen LogP contribution in [0.25, 0.3) is 0 Å². The van der Waals surface area contributed by atoms with E-state index in [1.165, 1.54) is 160 Å². The first-order chi connectivity index (χ1) is 15.8. The van der Waals surface area contributed by atoms with Gasteiger partial charge in [-0.25, -0.2) is 9.13 Å². The number of nitrogens with zero attached hydrogens (tertiary/aromatic N) is 2. The third-order valence-corrected chi connectivity index (χ3v) is 7.22. The topological polar surface area (TPSA) is 8.81 Å². The largest absolute Gasteiger partial charge is 0.256 e. The van der Waals surface area contributed by atoms with Gasteiger partial charge in [-0.15, -0.1) is 0 Å². The van der Waals surface area contributed by atoms with Crippen LogP contribution in [0.15, 0.2) is 12.4 Å². The Bertz CT molecular complexity index is 505. The molecule has 0 atom stereocenters. The van der Waals surface area contributed by atoms with Gasteiger partial charge in [-0.1, -0.05) is 136 Å². The van der Waals surface area contributed by atoms with Gasteiger partial charge in [-0.3, -0.25) is 0 Å². The Labute approximate surface area is 202 Å². The smallest absolute Gasteiger partial charge is 0.237 e. The van der Waals surface area contributed by atoms with Crippen LogP contribution in [0.3, 0.4) is 0 Å². The highest BCUT2D eigenvalue weighted by molar-refractivity contribution is 4.82. The Kier molecular flexibility index (Phi) is 20.1. The molecule has 0 radical (unpaired) electrons. The summed E-state index contributed by atoms with van der Waals surface area (Å²) in [4.78, 5) is 0. The van der Waals surface area contributed by atoms with E-state index in [9.17, 15) is 0 Å². The summed E-state index contributed by atoms with van der Waals surface area (Å²) < 4.78 is 4.87. The fourth-order valence-corrected chi connectivity index (χ4v) is 4.97. The van der Waals surface area contributed by atoms with Crippen molar-refractivity contribution < 1.29 is 4.57 Å². The van der Waals surface area contributed by atoms with Crippen LogP contribution in [-0.4, -0.2) is 4.57 Å². The summed E-state index contributed by atoms with van der Waals surface area (Å²) in [7, 11) is 2.22. The molecule has 0 amide bonds. The second-order valence-electron chi connectivity index (χ2n) is 10.3. The molecule has 0 N–H and O–H groups in total. The van der Waals surface area contributed by atoms with E-state index in [-0.39, 0.29) is 0 Å². The first-order valence-corrected chi connectivity index (χ1v) is 14.8. The second kappa shape index (κ2) is 22.0. The van der Waals surface area contributed by atoms with Gasteiger partial charge in [-0.2, -0.15) is 0 Å². The van der Waals surface area contributed by atoms with Crippen molar-refractivity contribution in [2.24, 2.45) is 7.05 Å². The zero-order chi connectivity index (χ0) is 23.1. The van der Waals surface area contributed by atoms with Gasteiger partial charge in [-0.05, 0) is 19.3 Å². The van der Waals surface area contributed by atoms with Crippen molar-refractivity contribution in [1.82, 2.24) is 4.57 Å². The van der Waals surface area contributed by atoms with E-state index < -0.39 is 0 Å². The molecule has 0 aliphatic rings. The summed E-state index contributed by atoms with van der Waals surface area (Å²) in [5.41, 5.74) is 0. The molecular formula is C30H59N2+. The highest BCUT2D eigenvalue weighted by Crippen LogP contribution is 2.14. The first kappa shape index (κ1) is 29.2. The molecule has 1 heterocycles. The Morgan fingerprint density at radius 3 is 1.34 bits per heavy atom. The predicted molar refractivity (Wildman–Crippen MR) is 142 cm³/mol. The van der Waals surface area contributed by atoms with E-state index >= 15 is 0 Å². The average molecular weight is 448 g/mol. The summed E-state index contributed by atoms with van der Waals surface area (Å²) in [6, 6.07) is 0. The molecule has 0 aliphatic carbocycles. The monoisotopic (exact) mass is 447 g/mol. The maximum atomic E-state index is 2.52. The molecule has 0 unspecified atom stereocenters. The molecule has 2 heteroatoms. The van der Waals surface area contributed by atoms with Crippen molar-refractivity contribution in [3.8, 4) is 0 Å². The van der Waals surface area contributed by atoms with Gasteiger partial charge in [0.25, 0.3) is 5.82 Å².